The van der Waals surface area contributed by atoms with Crippen molar-refractivity contribution in [2.24, 2.45) is 4.99 Å². The summed E-state index contributed by atoms with van der Waals surface area (Å²) in [5.41, 5.74) is 2.00. The number of amidine groups is 1. The summed E-state index contributed by atoms with van der Waals surface area (Å²) < 4.78 is 0.707. The third-order valence-corrected chi connectivity index (χ3v) is 4.87. The first-order valence-electron chi connectivity index (χ1n) is 6.22. The molecule has 0 aliphatic carbocycles. The summed E-state index contributed by atoms with van der Waals surface area (Å²) >= 11 is 8.66. The van der Waals surface area contributed by atoms with Crippen LogP contribution in [0.1, 0.15) is 10.4 Å². The summed E-state index contributed by atoms with van der Waals surface area (Å²) in [7, 11) is 0. The third-order valence-electron chi connectivity index (χ3n) is 2.78. The summed E-state index contributed by atoms with van der Waals surface area (Å²) in [6.45, 7) is 2.02. The fourth-order valence-corrected chi connectivity index (χ4v) is 3.66. The molecule has 106 valence electrons. The van der Waals surface area contributed by atoms with Crippen LogP contribution in [0.15, 0.2) is 46.3 Å². The van der Waals surface area contributed by atoms with Crippen LogP contribution in [0.3, 0.4) is 0 Å². The van der Waals surface area contributed by atoms with Gasteiger partial charge in [0.2, 0.25) is 0 Å². The van der Waals surface area contributed by atoms with Crippen LogP contribution in [0.5, 0.6) is 0 Å². The Hall–Kier alpha value is -1.56. The number of hydrogen-bond donors (Lipinski definition) is 1. The minimum absolute atomic E-state index is 0.129. The van der Waals surface area contributed by atoms with Crippen molar-refractivity contribution in [2.45, 2.75) is 6.92 Å². The zero-order chi connectivity index (χ0) is 14.8. The van der Waals surface area contributed by atoms with Crippen LogP contribution in [0.4, 0.5) is 5.69 Å². The molecule has 0 bridgehead atoms. The van der Waals surface area contributed by atoms with Gasteiger partial charge in [0.15, 0.2) is 5.17 Å². The molecule has 1 amide bonds. The van der Waals surface area contributed by atoms with Gasteiger partial charge < -0.3 is 5.32 Å². The van der Waals surface area contributed by atoms with Crippen molar-refractivity contribution in [2.75, 3.05) is 0 Å². The van der Waals surface area contributed by atoms with Gasteiger partial charge in [-0.3, -0.25) is 4.79 Å². The maximum atomic E-state index is 11.9. The van der Waals surface area contributed by atoms with Crippen molar-refractivity contribution < 1.29 is 4.79 Å². The minimum Gasteiger partial charge on any atom is -0.300 e. The Morgan fingerprint density at radius 1 is 1.19 bits per heavy atom. The van der Waals surface area contributed by atoms with E-state index in [9.17, 15) is 4.79 Å². The van der Waals surface area contributed by atoms with E-state index in [4.69, 9.17) is 11.6 Å². The van der Waals surface area contributed by atoms with Gasteiger partial charge in [0.05, 0.1) is 14.9 Å². The number of aryl methyl sites for hydroxylation is 1. The summed E-state index contributed by atoms with van der Waals surface area (Å²) in [6.07, 6.45) is 1.83. The van der Waals surface area contributed by atoms with Crippen LogP contribution in [0.25, 0.3) is 6.08 Å². The normalized spacial score (nSPS) is 18.5. The number of hydrogen-bond acceptors (Lipinski definition) is 4. The van der Waals surface area contributed by atoms with E-state index in [0.29, 0.717) is 14.4 Å². The molecule has 1 aliphatic rings. The highest BCUT2D eigenvalue weighted by Crippen LogP contribution is 2.31. The van der Waals surface area contributed by atoms with Crippen molar-refractivity contribution >= 4 is 57.5 Å². The Labute approximate surface area is 135 Å². The number of amides is 1. The number of carbonyl (C=O) groups is 1. The number of aliphatic imine (C=N–C) groups is 1. The molecule has 1 aromatic heterocycles. The fraction of sp³-hybridized carbons (Fsp3) is 0.0667. The van der Waals surface area contributed by atoms with E-state index in [2.05, 4.69) is 10.3 Å². The average molecular weight is 335 g/mol. The second kappa shape index (κ2) is 6.05. The maximum absolute atomic E-state index is 11.9. The summed E-state index contributed by atoms with van der Waals surface area (Å²) in [4.78, 5) is 17.9. The monoisotopic (exact) mass is 334 g/mol. The molecule has 21 heavy (non-hydrogen) atoms. The van der Waals surface area contributed by atoms with E-state index in [-0.39, 0.29) is 5.91 Å². The van der Waals surface area contributed by atoms with Crippen molar-refractivity contribution in [3.8, 4) is 0 Å². The Morgan fingerprint density at radius 2 is 1.95 bits per heavy atom. The Bertz CT molecular complexity index is 747. The van der Waals surface area contributed by atoms with Crippen LogP contribution in [-0.4, -0.2) is 11.1 Å². The molecule has 1 aromatic carbocycles. The van der Waals surface area contributed by atoms with Gasteiger partial charge in [-0.05, 0) is 49.0 Å². The molecular formula is C15H11ClN2OS2. The van der Waals surface area contributed by atoms with E-state index in [0.717, 1.165) is 10.6 Å². The average Bonchev–Trinajstić information content (AvgIpc) is 3.00. The third kappa shape index (κ3) is 3.56. The SMILES string of the molecule is Cc1ccc(N=C2NC(=O)/C(=C\c3ccc(Cl)s3)S2)cc1. The second-order valence-corrected chi connectivity index (χ2v) is 7.24. The van der Waals surface area contributed by atoms with Gasteiger partial charge in [0.1, 0.15) is 0 Å². The van der Waals surface area contributed by atoms with Crippen molar-refractivity contribution in [3.05, 3.63) is 56.1 Å². The second-order valence-electron chi connectivity index (χ2n) is 4.46. The molecule has 3 nitrogen and oxygen atoms in total. The van der Waals surface area contributed by atoms with E-state index in [1.807, 2.05) is 49.4 Å². The molecule has 0 saturated carbocycles. The number of thiophene rings is 1. The topological polar surface area (TPSA) is 41.5 Å². The summed E-state index contributed by atoms with van der Waals surface area (Å²) in [6, 6.07) is 11.5. The van der Waals surface area contributed by atoms with Gasteiger partial charge in [-0.1, -0.05) is 29.3 Å². The fourth-order valence-electron chi connectivity index (χ4n) is 1.75. The van der Waals surface area contributed by atoms with Crippen LogP contribution in [0.2, 0.25) is 4.34 Å². The van der Waals surface area contributed by atoms with Gasteiger partial charge in [0, 0.05) is 4.88 Å². The van der Waals surface area contributed by atoms with E-state index >= 15 is 0 Å². The molecule has 1 saturated heterocycles. The number of benzene rings is 1. The predicted octanol–water partition coefficient (Wildman–Crippen LogP) is 4.60. The largest absolute Gasteiger partial charge is 0.300 e. The zero-order valence-corrected chi connectivity index (χ0v) is 13.5. The van der Waals surface area contributed by atoms with Gasteiger partial charge in [-0.15, -0.1) is 11.3 Å². The number of thioether (sulfide) groups is 1. The van der Waals surface area contributed by atoms with Crippen LogP contribution < -0.4 is 5.32 Å². The quantitative estimate of drug-likeness (QED) is 0.815. The van der Waals surface area contributed by atoms with E-state index < -0.39 is 0 Å². The van der Waals surface area contributed by atoms with Crippen LogP contribution >= 0.6 is 34.7 Å². The van der Waals surface area contributed by atoms with Crippen molar-refractivity contribution in [1.29, 1.82) is 0 Å². The smallest absolute Gasteiger partial charge is 0.264 e. The number of nitrogens with one attached hydrogen (secondary N) is 1. The minimum atomic E-state index is -0.129. The molecule has 3 rings (SSSR count). The molecule has 2 aromatic rings. The standard InChI is InChI=1S/C15H11ClN2OS2/c1-9-2-4-10(5-3-9)17-15-18-14(19)12(21-15)8-11-6-7-13(16)20-11/h2-8H,1H3,(H,17,18,19)/b12-8+. The molecule has 1 N–H and O–H groups in total. The van der Waals surface area contributed by atoms with E-state index in [1.54, 1.807) is 0 Å². The first-order chi connectivity index (χ1) is 10.1. The van der Waals surface area contributed by atoms with Gasteiger partial charge in [-0.25, -0.2) is 4.99 Å². The molecule has 2 heterocycles. The molecule has 1 aliphatic heterocycles. The highest BCUT2D eigenvalue weighted by atomic mass is 35.5. The molecule has 0 spiro atoms. The lowest BCUT2D eigenvalue weighted by Crippen LogP contribution is -2.19. The highest BCUT2D eigenvalue weighted by molar-refractivity contribution is 8.18. The Kier molecular flexibility index (Phi) is 4.14. The van der Waals surface area contributed by atoms with E-state index in [1.165, 1.54) is 28.7 Å². The first-order valence-corrected chi connectivity index (χ1v) is 8.23. The molecule has 1 fully saturated rings. The molecule has 0 atom stereocenters. The number of carbonyl (C=O) groups excluding carboxylic acids is 1. The molecule has 6 heteroatoms. The molecule has 0 unspecified atom stereocenters. The lowest BCUT2D eigenvalue weighted by Gasteiger charge is -1.96. The van der Waals surface area contributed by atoms with Crippen LogP contribution in [-0.2, 0) is 4.79 Å². The summed E-state index contributed by atoms with van der Waals surface area (Å²) in [5, 5.41) is 3.37. The summed E-state index contributed by atoms with van der Waals surface area (Å²) in [5.74, 6) is -0.129. The maximum Gasteiger partial charge on any atom is 0.264 e. The lowest BCUT2D eigenvalue weighted by atomic mass is 10.2. The van der Waals surface area contributed by atoms with Gasteiger partial charge >= 0.3 is 0 Å². The Balaban J connectivity index is 1.81. The highest BCUT2D eigenvalue weighted by Gasteiger charge is 2.23. The zero-order valence-electron chi connectivity index (χ0n) is 11.1. The van der Waals surface area contributed by atoms with Crippen LogP contribution in [0, 0.1) is 6.92 Å². The molecule has 0 radical (unpaired) electrons. The molecular weight excluding hydrogens is 324 g/mol. The predicted molar refractivity (Wildman–Crippen MR) is 91.3 cm³/mol. The van der Waals surface area contributed by atoms with Crippen molar-refractivity contribution in [1.82, 2.24) is 5.32 Å². The first kappa shape index (κ1) is 14.4. The number of rotatable bonds is 2. The Morgan fingerprint density at radius 3 is 2.62 bits per heavy atom. The van der Waals surface area contributed by atoms with Gasteiger partial charge in [-0.2, -0.15) is 0 Å². The lowest BCUT2D eigenvalue weighted by molar-refractivity contribution is -0.115. The number of halogens is 1. The number of nitrogens with zero attached hydrogens (tertiary/aromatic N) is 1. The van der Waals surface area contributed by atoms with Gasteiger partial charge in [0.25, 0.3) is 5.91 Å². The van der Waals surface area contributed by atoms with Crippen molar-refractivity contribution in [3.63, 3.8) is 0 Å².